The maximum absolute atomic E-state index is 11.9. The summed E-state index contributed by atoms with van der Waals surface area (Å²) in [7, 11) is 3.24. The van der Waals surface area contributed by atoms with Gasteiger partial charge in [-0.2, -0.15) is 0 Å². The zero-order valence-corrected chi connectivity index (χ0v) is 12.8. The van der Waals surface area contributed by atoms with Crippen LogP contribution in [0.25, 0.3) is 16.6 Å². The topological polar surface area (TPSA) is 39.9 Å². The van der Waals surface area contributed by atoms with Gasteiger partial charge in [-0.3, -0.25) is 4.79 Å². The van der Waals surface area contributed by atoms with Crippen molar-refractivity contribution in [3.05, 3.63) is 54.4 Å². The Hall–Kier alpha value is -2.75. The zero-order chi connectivity index (χ0) is 15.7. The standard InChI is InChI=1S/C18H17NO3/c1-12(20)18-11-16(17-6-4-5-7-19(17)18)13-8-14(21-2)10-15(9-13)22-3/h4-11H,1-3H3. The highest BCUT2D eigenvalue weighted by Crippen LogP contribution is 2.34. The van der Waals surface area contributed by atoms with Crippen molar-refractivity contribution >= 4 is 11.3 Å². The van der Waals surface area contributed by atoms with E-state index < -0.39 is 0 Å². The predicted molar refractivity (Wildman–Crippen MR) is 85.9 cm³/mol. The smallest absolute Gasteiger partial charge is 0.176 e. The molecule has 0 saturated heterocycles. The molecule has 0 bridgehead atoms. The van der Waals surface area contributed by atoms with E-state index >= 15 is 0 Å². The van der Waals surface area contributed by atoms with Crippen molar-refractivity contribution in [1.29, 1.82) is 0 Å². The molecule has 1 aromatic carbocycles. The summed E-state index contributed by atoms with van der Waals surface area (Å²) in [6.07, 6.45) is 1.90. The van der Waals surface area contributed by atoms with Gasteiger partial charge in [0.1, 0.15) is 11.5 Å². The number of nitrogens with zero attached hydrogens (tertiary/aromatic N) is 1. The van der Waals surface area contributed by atoms with Gasteiger partial charge in [0.05, 0.1) is 25.4 Å². The maximum atomic E-state index is 11.9. The molecule has 3 rings (SSSR count). The van der Waals surface area contributed by atoms with Gasteiger partial charge < -0.3 is 13.9 Å². The third-order valence-corrected chi connectivity index (χ3v) is 3.70. The average Bonchev–Trinajstić information content (AvgIpc) is 2.94. The van der Waals surface area contributed by atoms with Crippen molar-refractivity contribution in [2.24, 2.45) is 0 Å². The first kappa shape index (κ1) is 14.2. The van der Waals surface area contributed by atoms with Crippen LogP contribution in [0.4, 0.5) is 0 Å². The number of pyridine rings is 1. The molecule has 0 unspecified atom stereocenters. The van der Waals surface area contributed by atoms with Crippen LogP contribution in [0.2, 0.25) is 0 Å². The third-order valence-electron chi connectivity index (χ3n) is 3.70. The zero-order valence-electron chi connectivity index (χ0n) is 12.8. The molecule has 0 N–H and O–H groups in total. The van der Waals surface area contributed by atoms with Crippen molar-refractivity contribution in [2.75, 3.05) is 14.2 Å². The summed E-state index contributed by atoms with van der Waals surface area (Å²) in [4.78, 5) is 11.9. The summed E-state index contributed by atoms with van der Waals surface area (Å²) in [5.74, 6) is 1.46. The van der Waals surface area contributed by atoms with Crippen LogP contribution >= 0.6 is 0 Å². The number of carbonyl (C=O) groups is 1. The number of hydrogen-bond acceptors (Lipinski definition) is 3. The lowest BCUT2D eigenvalue weighted by atomic mass is 10.1. The minimum Gasteiger partial charge on any atom is -0.497 e. The van der Waals surface area contributed by atoms with Crippen LogP contribution in [0.1, 0.15) is 17.4 Å². The van der Waals surface area contributed by atoms with Crippen LogP contribution in [0.15, 0.2) is 48.7 Å². The van der Waals surface area contributed by atoms with E-state index in [0.717, 1.165) is 16.6 Å². The number of benzene rings is 1. The number of hydrogen-bond donors (Lipinski definition) is 0. The molecule has 0 fully saturated rings. The van der Waals surface area contributed by atoms with Gasteiger partial charge in [0.15, 0.2) is 5.78 Å². The van der Waals surface area contributed by atoms with E-state index in [1.54, 1.807) is 21.1 Å². The van der Waals surface area contributed by atoms with E-state index in [2.05, 4.69) is 0 Å². The quantitative estimate of drug-likeness (QED) is 0.687. The normalized spacial score (nSPS) is 10.7. The molecule has 0 amide bonds. The van der Waals surface area contributed by atoms with Crippen molar-refractivity contribution in [3.8, 4) is 22.6 Å². The second-order valence-corrected chi connectivity index (χ2v) is 5.06. The maximum Gasteiger partial charge on any atom is 0.176 e. The van der Waals surface area contributed by atoms with Gasteiger partial charge >= 0.3 is 0 Å². The Labute approximate surface area is 128 Å². The van der Waals surface area contributed by atoms with E-state index in [0.29, 0.717) is 17.2 Å². The Morgan fingerprint density at radius 2 is 1.68 bits per heavy atom. The second kappa shape index (κ2) is 5.56. The number of ketones is 1. The molecule has 0 aliphatic rings. The summed E-state index contributed by atoms with van der Waals surface area (Å²) < 4.78 is 12.6. The highest BCUT2D eigenvalue weighted by atomic mass is 16.5. The SMILES string of the molecule is COc1cc(OC)cc(-c2cc(C(C)=O)n3ccccc23)c1. The molecule has 4 nitrogen and oxygen atoms in total. The minimum absolute atomic E-state index is 0.0299. The van der Waals surface area contributed by atoms with Crippen LogP contribution in [-0.4, -0.2) is 24.4 Å². The van der Waals surface area contributed by atoms with Crippen LogP contribution in [-0.2, 0) is 0 Å². The van der Waals surface area contributed by atoms with Crippen LogP contribution in [0.5, 0.6) is 11.5 Å². The van der Waals surface area contributed by atoms with Crippen molar-refractivity contribution in [2.45, 2.75) is 6.92 Å². The fraction of sp³-hybridized carbons (Fsp3) is 0.167. The predicted octanol–water partition coefficient (Wildman–Crippen LogP) is 3.83. The highest BCUT2D eigenvalue weighted by Gasteiger charge is 2.14. The summed E-state index contributed by atoms with van der Waals surface area (Å²) >= 11 is 0. The van der Waals surface area contributed by atoms with Gasteiger partial charge in [-0.25, -0.2) is 0 Å². The number of aromatic nitrogens is 1. The monoisotopic (exact) mass is 295 g/mol. The largest absolute Gasteiger partial charge is 0.497 e. The van der Waals surface area contributed by atoms with Gasteiger partial charge in [0.25, 0.3) is 0 Å². The first-order chi connectivity index (χ1) is 10.6. The average molecular weight is 295 g/mol. The molecule has 0 saturated carbocycles. The molecule has 3 aromatic rings. The van der Waals surface area contributed by atoms with Crippen LogP contribution < -0.4 is 9.47 Å². The molecule has 0 aliphatic carbocycles. The van der Waals surface area contributed by atoms with Gasteiger partial charge in [0.2, 0.25) is 0 Å². The first-order valence-corrected chi connectivity index (χ1v) is 6.98. The van der Waals surface area contributed by atoms with E-state index in [-0.39, 0.29) is 5.78 Å². The fourth-order valence-electron chi connectivity index (χ4n) is 2.62. The van der Waals surface area contributed by atoms with Crippen LogP contribution in [0, 0.1) is 0 Å². The molecule has 0 radical (unpaired) electrons. The van der Waals surface area contributed by atoms with Crippen molar-refractivity contribution in [1.82, 2.24) is 4.40 Å². The number of fused-ring (bicyclic) bond motifs is 1. The molecule has 0 atom stereocenters. The summed E-state index contributed by atoms with van der Waals surface area (Å²) in [5.41, 5.74) is 3.56. The molecular weight excluding hydrogens is 278 g/mol. The minimum atomic E-state index is 0.0299. The lowest BCUT2D eigenvalue weighted by Crippen LogP contribution is -1.96. The Bertz CT molecular complexity index is 826. The fourth-order valence-corrected chi connectivity index (χ4v) is 2.62. The van der Waals surface area contributed by atoms with Gasteiger partial charge in [0, 0.05) is 24.8 Å². The molecule has 4 heteroatoms. The van der Waals surface area contributed by atoms with E-state index in [1.165, 1.54) is 0 Å². The first-order valence-electron chi connectivity index (χ1n) is 6.98. The van der Waals surface area contributed by atoms with Gasteiger partial charge in [-0.05, 0) is 35.9 Å². The van der Waals surface area contributed by atoms with Crippen molar-refractivity contribution < 1.29 is 14.3 Å². The van der Waals surface area contributed by atoms with Gasteiger partial charge in [-0.1, -0.05) is 6.07 Å². The molecular formula is C18H17NO3. The van der Waals surface area contributed by atoms with Crippen molar-refractivity contribution in [3.63, 3.8) is 0 Å². The highest BCUT2D eigenvalue weighted by molar-refractivity contribution is 5.98. The van der Waals surface area contributed by atoms with E-state index in [4.69, 9.17) is 9.47 Å². The Morgan fingerprint density at radius 1 is 1.00 bits per heavy atom. The molecule has 2 heterocycles. The molecule has 22 heavy (non-hydrogen) atoms. The number of methoxy groups -OCH3 is 2. The second-order valence-electron chi connectivity index (χ2n) is 5.06. The molecule has 2 aromatic heterocycles. The lowest BCUT2D eigenvalue weighted by Gasteiger charge is -2.08. The Balaban J connectivity index is 2.28. The number of Topliss-reactive ketones (excluding diaryl/α,β-unsaturated/α-hetero) is 1. The Kier molecular flexibility index (Phi) is 3.59. The lowest BCUT2D eigenvalue weighted by molar-refractivity contribution is 0.101. The number of rotatable bonds is 4. The summed E-state index contributed by atoms with van der Waals surface area (Å²) in [6.45, 7) is 1.57. The van der Waals surface area contributed by atoms with E-state index in [9.17, 15) is 4.79 Å². The molecule has 112 valence electrons. The molecule has 0 spiro atoms. The summed E-state index contributed by atoms with van der Waals surface area (Å²) in [6, 6.07) is 13.5. The van der Waals surface area contributed by atoms with E-state index in [1.807, 2.05) is 53.1 Å². The number of carbonyl (C=O) groups excluding carboxylic acids is 1. The van der Waals surface area contributed by atoms with Crippen LogP contribution in [0.3, 0.4) is 0 Å². The Morgan fingerprint density at radius 3 is 2.27 bits per heavy atom. The van der Waals surface area contributed by atoms with Gasteiger partial charge in [-0.15, -0.1) is 0 Å². The third kappa shape index (κ3) is 2.33. The summed E-state index contributed by atoms with van der Waals surface area (Å²) in [5, 5.41) is 0. The number of ether oxygens (including phenoxy) is 2. The molecule has 0 aliphatic heterocycles.